The minimum absolute atomic E-state index is 0.192. The van der Waals surface area contributed by atoms with Crippen LogP contribution in [0.4, 0.5) is 5.69 Å². The molecule has 182 valence electrons. The number of aromatic nitrogens is 2. The molecule has 0 amide bonds. The SMILES string of the molecule is CCOc1ccc(N2C(=S)NC(c3ccccn3)C2c2cccn2-c2cccc(C(=O)OC)c2)cc1. The van der Waals surface area contributed by atoms with Gasteiger partial charge in [0.15, 0.2) is 5.11 Å². The minimum Gasteiger partial charge on any atom is -0.494 e. The predicted molar refractivity (Wildman–Crippen MR) is 143 cm³/mol. The number of esters is 1. The highest BCUT2D eigenvalue weighted by Crippen LogP contribution is 2.42. The van der Waals surface area contributed by atoms with Crippen molar-refractivity contribution >= 4 is 29.0 Å². The molecule has 8 heteroatoms. The van der Waals surface area contributed by atoms with Gasteiger partial charge in [0.2, 0.25) is 0 Å². The van der Waals surface area contributed by atoms with Gasteiger partial charge in [-0.05, 0) is 85.9 Å². The third kappa shape index (κ3) is 4.43. The Hall–Kier alpha value is -4.17. The van der Waals surface area contributed by atoms with Crippen LogP contribution in [-0.2, 0) is 4.74 Å². The average Bonchev–Trinajstić information content (AvgIpc) is 3.54. The van der Waals surface area contributed by atoms with E-state index < -0.39 is 0 Å². The van der Waals surface area contributed by atoms with Crippen LogP contribution in [0.15, 0.2) is 91.3 Å². The van der Waals surface area contributed by atoms with Gasteiger partial charge in [-0.2, -0.15) is 0 Å². The number of hydrogen-bond donors (Lipinski definition) is 1. The quantitative estimate of drug-likeness (QED) is 0.276. The first kappa shape index (κ1) is 23.6. The molecule has 1 saturated heterocycles. The summed E-state index contributed by atoms with van der Waals surface area (Å²) in [5, 5.41) is 4.10. The average molecular weight is 499 g/mol. The zero-order valence-corrected chi connectivity index (χ0v) is 20.8. The molecule has 7 nitrogen and oxygen atoms in total. The summed E-state index contributed by atoms with van der Waals surface area (Å²) >= 11 is 5.85. The number of carbonyl (C=O) groups excluding carboxylic acids is 1. The summed E-state index contributed by atoms with van der Waals surface area (Å²) in [5.74, 6) is 0.428. The number of rotatable bonds is 7. The lowest BCUT2D eigenvalue weighted by Gasteiger charge is -2.29. The zero-order valence-electron chi connectivity index (χ0n) is 20.0. The van der Waals surface area contributed by atoms with Crippen LogP contribution in [0.3, 0.4) is 0 Å². The Morgan fingerprint density at radius 3 is 2.58 bits per heavy atom. The molecule has 0 bridgehead atoms. The summed E-state index contributed by atoms with van der Waals surface area (Å²) in [5.41, 5.74) is 4.15. The van der Waals surface area contributed by atoms with E-state index in [0.29, 0.717) is 17.3 Å². The van der Waals surface area contributed by atoms with Crippen molar-refractivity contribution in [3.05, 3.63) is 108 Å². The molecule has 36 heavy (non-hydrogen) atoms. The van der Waals surface area contributed by atoms with Crippen molar-refractivity contribution < 1.29 is 14.3 Å². The number of carbonyl (C=O) groups is 1. The number of thiocarbonyl (C=S) groups is 1. The summed E-state index contributed by atoms with van der Waals surface area (Å²) in [6.07, 6.45) is 3.77. The van der Waals surface area contributed by atoms with E-state index in [-0.39, 0.29) is 18.1 Å². The molecule has 2 aromatic carbocycles. The van der Waals surface area contributed by atoms with Crippen LogP contribution in [0, 0.1) is 0 Å². The lowest BCUT2D eigenvalue weighted by Crippen LogP contribution is -2.30. The number of nitrogens with zero attached hydrogens (tertiary/aromatic N) is 3. The molecule has 4 aromatic rings. The van der Waals surface area contributed by atoms with Crippen molar-refractivity contribution in [2.24, 2.45) is 0 Å². The first-order valence-corrected chi connectivity index (χ1v) is 12.1. The van der Waals surface area contributed by atoms with Gasteiger partial charge in [-0.25, -0.2) is 4.79 Å². The number of methoxy groups -OCH3 is 1. The van der Waals surface area contributed by atoms with E-state index in [9.17, 15) is 4.79 Å². The molecular formula is C28H26N4O3S. The molecule has 2 aromatic heterocycles. The maximum Gasteiger partial charge on any atom is 0.337 e. The summed E-state index contributed by atoms with van der Waals surface area (Å²) in [6, 6.07) is 24.9. The summed E-state index contributed by atoms with van der Waals surface area (Å²) < 4.78 is 12.6. The van der Waals surface area contributed by atoms with Crippen molar-refractivity contribution in [3.63, 3.8) is 0 Å². The van der Waals surface area contributed by atoms with Crippen LogP contribution in [0.5, 0.6) is 5.75 Å². The maximum atomic E-state index is 12.2. The Labute approximate surface area is 215 Å². The molecule has 1 fully saturated rings. The van der Waals surface area contributed by atoms with Gasteiger partial charge in [-0.3, -0.25) is 4.98 Å². The number of pyridine rings is 1. The van der Waals surface area contributed by atoms with Crippen LogP contribution >= 0.6 is 12.2 Å². The fourth-order valence-electron chi connectivity index (χ4n) is 4.57. The highest BCUT2D eigenvalue weighted by molar-refractivity contribution is 7.80. The normalized spacial score (nSPS) is 17.1. The van der Waals surface area contributed by atoms with E-state index >= 15 is 0 Å². The van der Waals surface area contributed by atoms with E-state index in [0.717, 1.165) is 28.5 Å². The largest absolute Gasteiger partial charge is 0.494 e. The molecule has 2 unspecified atom stereocenters. The van der Waals surface area contributed by atoms with Gasteiger partial charge in [-0.1, -0.05) is 12.1 Å². The molecule has 2 atom stereocenters. The van der Waals surface area contributed by atoms with Gasteiger partial charge in [0.05, 0.1) is 31.0 Å². The standard InChI is InChI=1S/C28H26N4O3S/c1-3-35-22-14-12-20(13-15-22)32-26(25(30-28(32)36)23-10-4-5-16-29-23)24-11-7-17-31(24)21-9-6-8-19(18-21)27(33)34-2/h4-18,25-26H,3H2,1-2H3,(H,30,36). The summed E-state index contributed by atoms with van der Waals surface area (Å²) in [7, 11) is 1.38. The van der Waals surface area contributed by atoms with Gasteiger partial charge in [0, 0.05) is 29.5 Å². The maximum absolute atomic E-state index is 12.2. The Morgan fingerprint density at radius 2 is 1.86 bits per heavy atom. The smallest absolute Gasteiger partial charge is 0.337 e. The van der Waals surface area contributed by atoms with E-state index in [1.54, 1.807) is 12.3 Å². The lowest BCUT2D eigenvalue weighted by atomic mass is 10.0. The molecule has 1 N–H and O–H groups in total. The fraction of sp³-hybridized carbons (Fsp3) is 0.179. The Balaban J connectivity index is 1.62. The topological polar surface area (TPSA) is 68.6 Å². The molecular weight excluding hydrogens is 472 g/mol. The second kappa shape index (κ2) is 10.2. The highest BCUT2D eigenvalue weighted by Gasteiger charge is 2.42. The minimum atomic E-state index is -0.378. The van der Waals surface area contributed by atoms with Crippen molar-refractivity contribution in [1.82, 2.24) is 14.9 Å². The number of nitrogens with one attached hydrogen (secondary N) is 1. The lowest BCUT2D eigenvalue weighted by molar-refractivity contribution is 0.0600. The number of benzene rings is 2. The third-order valence-corrected chi connectivity index (χ3v) is 6.47. The summed E-state index contributed by atoms with van der Waals surface area (Å²) in [4.78, 5) is 18.9. The fourth-order valence-corrected chi connectivity index (χ4v) is 4.92. The van der Waals surface area contributed by atoms with Crippen molar-refractivity contribution in [2.75, 3.05) is 18.6 Å². The van der Waals surface area contributed by atoms with Gasteiger partial charge in [0.1, 0.15) is 11.8 Å². The Morgan fingerprint density at radius 1 is 1.03 bits per heavy atom. The molecule has 0 spiro atoms. The Kier molecular flexibility index (Phi) is 6.69. The zero-order chi connectivity index (χ0) is 25.1. The molecule has 0 saturated carbocycles. The van der Waals surface area contributed by atoms with Crippen LogP contribution in [0.2, 0.25) is 0 Å². The monoisotopic (exact) mass is 498 g/mol. The second-order valence-electron chi connectivity index (χ2n) is 8.27. The predicted octanol–water partition coefficient (Wildman–Crippen LogP) is 5.23. The van der Waals surface area contributed by atoms with Crippen LogP contribution in [0.1, 0.15) is 40.8 Å². The molecule has 1 aliphatic rings. The number of hydrogen-bond acceptors (Lipinski definition) is 5. The molecule has 3 heterocycles. The molecule has 0 radical (unpaired) electrons. The van der Waals surface area contributed by atoms with Gasteiger partial charge in [0.25, 0.3) is 0 Å². The highest BCUT2D eigenvalue weighted by atomic mass is 32.1. The van der Waals surface area contributed by atoms with Crippen LogP contribution < -0.4 is 15.0 Å². The van der Waals surface area contributed by atoms with Crippen LogP contribution in [-0.4, -0.2) is 34.3 Å². The van der Waals surface area contributed by atoms with Crippen molar-refractivity contribution in [2.45, 2.75) is 19.0 Å². The molecule has 1 aliphatic heterocycles. The number of ether oxygens (including phenoxy) is 2. The van der Waals surface area contributed by atoms with E-state index in [1.807, 2.05) is 79.9 Å². The molecule has 0 aliphatic carbocycles. The van der Waals surface area contributed by atoms with Gasteiger partial charge >= 0.3 is 5.97 Å². The first-order valence-electron chi connectivity index (χ1n) is 11.7. The number of anilines is 1. The second-order valence-corrected chi connectivity index (χ2v) is 8.66. The van der Waals surface area contributed by atoms with E-state index in [2.05, 4.69) is 25.8 Å². The van der Waals surface area contributed by atoms with E-state index in [1.165, 1.54) is 7.11 Å². The third-order valence-electron chi connectivity index (χ3n) is 6.15. The van der Waals surface area contributed by atoms with Crippen LogP contribution in [0.25, 0.3) is 5.69 Å². The van der Waals surface area contributed by atoms with Gasteiger partial charge < -0.3 is 24.3 Å². The summed E-state index contributed by atoms with van der Waals surface area (Å²) in [6.45, 7) is 2.57. The van der Waals surface area contributed by atoms with E-state index in [4.69, 9.17) is 21.7 Å². The van der Waals surface area contributed by atoms with Gasteiger partial charge in [-0.15, -0.1) is 0 Å². The van der Waals surface area contributed by atoms with Crippen molar-refractivity contribution in [1.29, 1.82) is 0 Å². The van der Waals surface area contributed by atoms with Crippen molar-refractivity contribution in [3.8, 4) is 11.4 Å². The first-order chi connectivity index (χ1) is 17.6. The Bertz CT molecular complexity index is 1370. The molecule has 5 rings (SSSR count).